The van der Waals surface area contributed by atoms with Crippen LogP contribution in [0.2, 0.25) is 5.02 Å². The zero-order chi connectivity index (χ0) is 9.97. The number of hydrogen-bond acceptors (Lipinski definition) is 4. The number of aromatic nitrogens is 1. The first-order chi connectivity index (χ1) is 6.74. The molecule has 0 atom stereocenters. The zero-order valence-corrected chi connectivity index (χ0v) is 8.68. The highest BCUT2D eigenvalue weighted by atomic mass is 35.5. The summed E-state index contributed by atoms with van der Waals surface area (Å²) in [6.07, 6.45) is 0. The molecule has 0 amide bonds. The molecule has 5 heteroatoms. The number of anilines is 1. The van der Waals surface area contributed by atoms with Gasteiger partial charge >= 0.3 is 0 Å². The van der Waals surface area contributed by atoms with Crippen LogP contribution in [0.3, 0.4) is 0 Å². The third kappa shape index (κ3) is 2.16. The van der Waals surface area contributed by atoms with Gasteiger partial charge in [0.25, 0.3) is 5.19 Å². The van der Waals surface area contributed by atoms with Crippen molar-refractivity contribution in [2.75, 3.05) is 5.73 Å². The van der Waals surface area contributed by atoms with Crippen molar-refractivity contribution in [3.63, 3.8) is 0 Å². The van der Waals surface area contributed by atoms with Crippen molar-refractivity contribution in [1.82, 2.24) is 4.98 Å². The number of nitrogens with two attached hydrogens (primary N) is 1. The number of nitrogen functional groups attached to an aromatic ring is 1. The van der Waals surface area contributed by atoms with Gasteiger partial charge in [-0.3, -0.25) is 0 Å². The van der Waals surface area contributed by atoms with E-state index in [1.54, 1.807) is 17.5 Å². The monoisotopic (exact) mass is 226 g/mol. The van der Waals surface area contributed by atoms with Crippen LogP contribution in [0.15, 0.2) is 29.6 Å². The van der Waals surface area contributed by atoms with Gasteiger partial charge in [-0.05, 0) is 18.2 Å². The minimum Gasteiger partial charge on any atom is -0.431 e. The molecule has 0 fully saturated rings. The average Bonchev–Trinajstić information content (AvgIpc) is 2.51. The zero-order valence-electron chi connectivity index (χ0n) is 7.11. The molecule has 0 radical (unpaired) electrons. The molecule has 0 saturated heterocycles. The summed E-state index contributed by atoms with van der Waals surface area (Å²) >= 11 is 7.14. The molecule has 2 N–H and O–H groups in total. The standard InChI is InChI=1S/C9H7ClN2OS/c10-6-2-1-3-7(4-6)13-9-12-8(11)5-14-9/h1-5H,11H2. The molecule has 0 saturated carbocycles. The van der Waals surface area contributed by atoms with Crippen LogP contribution < -0.4 is 10.5 Å². The Bertz CT molecular complexity index is 444. The van der Waals surface area contributed by atoms with Crippen molar-refractivity contribution in [3.8, 4) is 10.9 Å². The lowest BCUT2D eigenvalue weighted by Gasteiger charge is -2.00. The first kappa shape index (κ1) is 9.30. The summed E-state index contributed by atoms with van der Waals surface area (Å²) in [4.78, 5) is 3.97. The lowest BCUT2D eigenvalue weighted by molar-refractivity contribution is 0.479. The van der Waals surface area contributed by atoms with E-state index < -0.39 is 0 Å². The van der Waals surface area contributed by atoms with Gasteiger partial charge in [-0.15, -0.1) is 0 Å². The molecule has 0 aliphatic rings. The van der Waals surface area contributed by atoms with Crippen molar-refractivity contribution in [2.45, 2.75) is 0 Å². The number of hydrogen-bond donors (Lipinski definition) is 1. The lowest BCUT2D eigenvalue weighted by atomic mass is 10.3. The van der Waals surface area contributed by atoms with Crippen LogP contribution in [0, 0.1) is 0 Å². The molecule has 2 aromatic rings. The van der Waals surface area contributed by atoms with Gasteiger partial charge in [0.2, 0.25) is 0 Å². The summed E-state index contributed by atoms with van der Waals surface area (Å²) in [5.74, 6) is 1.12. The molecule has 2 rings (SSSR count). The van der Waals surface area contributed by atoms with Crippen LogP contribution in [-0.4, -0.2) is 4.98 Å². The maximum Gasteiger partial charge on any atom is 0.280 e. The Morgan fingerprint density at radius 1 is 1.43 bits per heavy atom. The summed E-state index contributed by atoms with van der Waals surface area (Å²) in [5.41, 5.74) is 5.46. The van der Waals surface area contributed by atoms with Crippen LogP contribution in [0.4, 0.5) is 5.82 Å². The van der Waals surface area contributed by atoms with Gasteiger partial charge in [0, 0.05) is 10.4 Å². The molecule has 0 spiro atoms. The molecule has 1 heterocycles. The van der Waals surface area contributed by atoms with Gasteiger partial charge in [-0.1, -0.05) is 29.0 Å². The number of thiazole rings is 1. The van der Waals surface area contributed by atoms with Gasteiger partial charge in [0.05, 0.1) is 0 Å². The fourth-order valence-corrected chi connectivity index (χ4v) is 1.70. The smallest absolute Gasteiger partial charge is 0.280 e. The molecule has 72 valence electrons. The summed E-state index contributed by atoms with van der Waals surface area (Å²) in [7, 11) is 0. The molecule has 1 aromatic carbocycles. The Labute approximate surface area is 90.1 Å². The molecule has 1 aromatic heterocycles. The van der Waals surface area contributed by atoms with Gasteiger partial charge < -0.3 is 10.5 Å². The quantitative estimate of drug-likeness (QED) is 0.856. The first-order valence-corrected chi connectivity index (χ1v) is 5.14. The van der Waals surface area contributed by atoms with Gasteiger partial charge in [0.1, 0.15) is 11.6 Å². The van der Waals surface area contributed by atoms with Crippen molar-refractivity contribution < 1.29 is 4.74 Å². The van der Waals surface area contributed by atoms with E-state index in [4.69, 9.17) is 22.1 Å². The van der Waals surface area contributed by atoms with E-state index in [1.165, 1.54) is 11.3 Å². The normalized spacial score (nSPS) is 10.1. The summed E-state index contributed by atoms with van der Waals surface area (Å²) < 4.78 is 5.42. The van der Waals surface area contributed by atoms with Crippen molar-refractivity contribution in [1.29, 1.82) is 0 Å². The van der Waals surface area contributed by atoms with Gasteiger partial charge in [-0.25, -0.2) is 0 Å². The van der Waals surface area contributed by atoms with Crippen molar-refractivity contribution in [2.24, 2.45) is 0 Å². The van der Waals surface area contributed by atoms with Crippen LogP contribution >= 0.6 is 22.9 Å². The Morgan fingerprint density at radius 3 is 2.93 bits per heavy atom. The Hall–Kier alpha value is -1.26. The summed E-state index contributed by atoms with van der Waals surface area (Å²) in [5, 5.41) is 2.87. The highest BCUT2D eigenvalue weighted by molar-refractivity contribution is 7.11. The second kappa shape index (κ2) is 3.86. The average molecular weight is 227 g/mol. The second-order valence-corrected chi connectivity index (χ2v) is 3.85. The van der Waals surface area contributed by atoms with Crippen molar-refractivity contribution in [3.05, 3.63) is 34.7 Å². The van der Waals surface area contributed by atoms with E-state index in [0.717, 1.165) is 0 Å². The maximum atomic E-state index is 5.79. The molecule has 14 heavy (non-hydrogen) atoms. The number of ether oxygens (including phenoxy) is 1. The van der Waals surface area contributed by atoms with Crippen LogP contribution in [-0.2, 0) is 0 Å². The fourth-order valence-electron chi connectivity index (χ4n) is 0.947. The van der Waals surface area contributed by atoms with E-state index in [1.807, 2.05) is 12.1 Å². The molecule has 0 aliphatic carbocycles. The topological polar surface area (TPSA) is 48.1 Å². The predicted molar refractivity (Wildman–Crippen MR) is 58.1 cm³/mol. The van der Waals surface area contributed by atoms with Gasteiger partial charge in [-0.2, -0.15) is 4.98 Å². The highest BCUT2D eigenvalue weighted by Crippen LogP contribution is 2.27. The number of rotatable bonds is 2. The molecule has 0 bridgehead atoms. The molecule has 3 nitrogen and oxygen atoms in total. The summed E-state index contributed by atoms with van der Waals surface area (Å²) in [6, 6.07) is 7.13. The number of benzene rings is 1. The lowest BCUT2D eigenvalue weighted by Crippen LogP contribution is -1.85. The van der Waals surface area contributed by atoms with E-state index in [0.29, 0.717) is 21.8 Å². The molecule has 0 aliphatic heterocycles. The maximum absolute atomic E-state index is 5.79. The minimum atomic E-state index is 0.465. The largest absolute Gasteiger partial charge is 0.431 e. The van der Waals surface area contributed by atoms with E-state index in [9.17, 15) is 0 Å². The van der Waals surface area contributed by atoms with Crippen molar-refractivity contribution >= 4 is 28.8 Å². The van der Waals surface area contributed by atoms with Crippen LogP contribution in [0.5, 0.6) is 10.9 Å². The van der Waals surface area contributed by atoms with E-state index >= 15 is 0 Å². The molecular weight excluding hydrogens is 220 g/mol. The van der Waals surface area contributed by atoms with Crippen LogP contribution in [0.1, 0.15) is 0 Å². The number of halogens is 1. The Kier molecular flexibility index (Phi) is 2.56. The summed E-state index contributed by atoms with van der Waals surface area (Å²) in [6.45, 7) is 0. The van der Waals surface area contributed by atoms with E-state index in [-0.39, 0.29) is 0 Å². The number of nitrogens with zero attached hydrogens (tertiary/aromatic N) is 1. The highest BCUT2D eigenvalue weighted by Gasteiger charge is 2.01. The minimum absolute atomic E-state index is 0.465. The molecule has 0 unspecified atom stereocenters. The fraction of sp³-hybridized carbons (Fsp3) is 0. The van der Waals surface area contributed by atoms with Gasteiger partial charge in [0.15, 0.2) is 0 Å². The van der Waals surface area contributed by atoms with Crippen LogP contribution in [0.25, 0.3) is 0 Å². The second-order valence-electron chi connectivity index (χ2n) is 2.60. The van der Waals surface area contributed by atoms with E-state index in [2.05, 4.69) is 4.98 Å². The predicted octanol–water partition coefficient (Wildman–Crippen LogP) is 3.17. The third-order valence-electron chi connectivity index (χ3n) is 1.50. The Morgan fingerprint density at radius 2 is 2.29 bits per heavy atom. The third-order valence-corrected chi connectivity index (χ3v) is 2.47. The first-order valence-electron chi connectivity index (χ1n) is 3.88. The molecular formula is C9H7ClN2OS. The SMILES string of the molecule is Nc1csc(Oc2cccc(Cl)c2)n1. The Balaban J connectivity index is 2.18.